The Hall–Kier alpha value is -8.78. The average molecular weight is 1170 g/mol. The van der Waals surface area contributed by atoms with E-state index in [4.69, 9.17) is 9.47 Å². The number of hydrogen-bond donors (Lipinski definition) is 2. The van der Waals surface area contributed by atoms with Crippen LogP contribution in [0.2, 0.25) is 0 Å². The van der Waals surface area contributed by atoms with Crippen LogP contribution in [0.15, 0.2) is 120 Å². The summed E-state index contributed by atoms with van der Waals surface area (Å²) in [5.41, 5.74) is -1.95. The summed E-state index contributed by atoms with van der Waals surface area (Å²) in [6.45, 7) is 2.15. The highest BCUT2D eigenvalue weighted by Gasteiger charge is 2.46. The number of quaternary nitrogens is 2. The number of hydrogen-bond acceptors (Lipinski definition) is 11. The van der Waals surface area contributed by atoms with Crippen molar-refractivity contribution in [2.24, 2.45) is 0 Å². The second-order valence-electron chi connectivity index (χ2n) is 22.2. The molecule has 4 aromatic rings. The first-order valence-electron chi connectivity index (χ1n) is 26.5. The van der Waals surface area contributed by atoms with Crippen LogP contribution < -0.4 is 20.4 Å². The molecule has 0 saturated carbocycles. The molecule has 19 nitrogen and oxygen atoms in total. The van der Waals surface area contributed by atoms with Gasteiger partial charge >= 0.3 is 36.4 Å². The van der Waals surface area contributed by atoms with Gasteiger partial charge in [-0.1, -0.05) is 36.4 Å². The quantitative estimate of drug-likeness (QED) is 0.0452. The van der Waals surface area contributed by atoms with Gasteiger partial charge in [-0.05, 0) is 92.7 Å². The zero-order chi connectivity index (χ0) is 62.1. The smallest absolute Gasteiger partial charge is 0.416 e. The molecular weight excluding hydrogens is 1100 g/mol. The van der Waals surface area contributed by atoms with Gasteiger partial charge in [-0.2, -0.15) is 36.9 Å². The lowest BCUT2D eigenvalue weighted by Crippen LogP contribution is -2.54. The molecule has 6 amide bonds. The van der Waals surface area contributed by atoms with Gasteiger partial charge in [-0.25, -0.2) is 19.2 Å². The van der Waals surface area contributed by atoms with E-state index in [1.54, 1.807) is 11.9 Å². The number of halogens is 6. The van der Waals surface area contributed by atoms with Gasteiger partial charge in [0.1, 0.15) is 39.4 Å². The highest BCUT2D eigenvalue weighted by atomic mass is 19.4. The molecule has 0 radical (unpaired) electrons. The third-order valence-corrected chi connectivity index (χ3v) is 13.8. The van der Waals surface area contributed by atoms with Crippen LogP contribution in [0.3, 0.4) is 0 Å². The molecule has 2 aliphatic rings. The number of ether oxygens (including phenoxy) is 2. The monoisotopic (exact) mass is 1170 g/mol. The Balaban J connectivity index is 1.20. The molecule has 0 aliphatic carbocycles. The lowest BCUT2D eigenvalue weighted by atomic mass is 9.92. The molecule has 0 bridgehead atoms. The number of likely N-dealkylation sites (N-methyl/N-ethyl adjacent to an activating group) is 3. The zero-order valence-corrected chi connectivity index (χ0v) is 48.0. The number of urea groups is 2. The van der Waals surface area contributed by atoms with Crippen LogP contribution in [0.1, 0.15) is 59.3 Å². The van der Waals surface area contributed by atoms with Gasteiger partial charge in [-0.15, -0.1) is 0 Å². The number of benzene rings is 4. The van der Waals surface area contributed by atoms with Crippen molar-refractivity contribution in [1.82, 2.24) is 25.3 Å². The molecule has 84 heavy (non-hydrogen) atoms. The van der Waals surface area contributed by atoms with E-state index in [0.29, 0.717) is 33.2 Å². The zero-order valence-electron chi connectivity index (χ0n) is 48.0. The predicted octanol–water partition coefficient (Wildman–Crippen LogP) is 7.35. The summed E-state index contributed by atoms with van der Waals surface area (Å²) in [6, 6.07) is 19.2. The third kappa shape index (κ3) is 16.3. The molecule has 2 atom stereocenters. The normalized spacial score (nSPS) is 16.2. The Morgan fingerprint density at radius 2 is 0.929 bits per heavy atom. The molecule has 2 heterocycles. The number of anilines is 2. The molecule has 25 heteroatoms. The van der Waals surface area contributed by atoms with Crippen molar-refractivity contribution >= 4 is 47.2 Å². The molecule has 0 spiro atoms. The predicted molar refractivity (Wildman–Crippen MR) is 296 cm³/mol. The fourth-order valence-electron chi connectivity index (χ4n) is 9.26. The Labute approximate surface area is 483 Å². The lowest BCUT2D eigenvalue weighted by Gasteiger charge is -2.42. The second-order valence-corrected chi connectivity index (χ2v) is 22.2. The van der Waals surface area contributed by atoms with Crippen molar-refractivity contribution < 1.29 is 73.5 Å². The van der Waals surface area contributed by atoms with Crippen LogP contribution in [0.25, 0.3) is 0 Å². The van der Waals surface area contributed by atoms with E-state index in [0.717, 1.165) is 56.0 Å². The number of esters is 2. The SMILES string of the molecule is CC1=C(C(=O)OCC[N+](C)(C)C)[C@@H](c2ccc(C#N)cc2)N(CC(=O)NCCN(C)CCNC(=O)CN2C(=O)N(c3cccc(C(F)(F)F)c3)C(C)=C(C(=O)OCC[N+](C)(C)C)[C@H]2c2ccc(C#N)cc2)C(=O)N1c1cccc(C(F)(F)F)c1. The molecule has 0 unspecified atom stereocenters. The van der Waals surface area contributed by atoms with Crippen LogP contribution in [0.4, 0.5) is 47.3 Å². The minimum absolute atomic E-state index is 0.0434. The molecule has 446 valence electrons. The van der Waals surface area contributed by atoms with Gasteiger partial charge in [-0.3, -0.25) is 19.4 Å². The van der Waals surface area contributed by atoms with Gasteiger partial charge in [0.05, 0.1) is 111 Å². The number of carbonyl (C=O) groups is 6. The molecule has 2 aliphatic heterocycles. The van der Waals surface area contributed by atoms with E-state index in [1.807, 2.05) is 54.4 Å². The molecule has 6 rings (SSSR count). The summed E-state index contributed by atoms with van der Waals surface area (Å²) in [4.78, 5) is 91.5. The number of alkyl halides is 6. The van der Waals surface area contributed by atoms with Crippen molar-refractivity contribution in [2.75, 3.05) is 125 Å². The van der Waals surface area contributed by atoms with Gasteiger partial charge in [0.25, 0.3) is 0 Å². The maximum atomic E-state index is 14.7. The summed E-state index contributed by atoms with van der Waals surface area (Å²) in [7, 11) is 12.9. The van der Waals surface area contributed by atoms with Crippen molar-refractivity contribution in [3.63, 3.8) is 0 Å². The molecule has 0 fully saturated rings. The number of amides is 6. The summed E-state index contributed by atoms with van der Waals surface area (Å²) in [5, 5.41) is 24.6. The Morgan fingerprint density at radius 3 is 1.24 bits per heavy atom. The Bertz CT molecular complexity index is 3050. The van der Waals surface area contributed by atoms with E-state index in [1.165, 1.54) is 74.5 Å². The Morgan fingerprint density at radius 1 is 0.583 bits per heavy atom. The standard InChI is InChI=1S/C59H65F6N11O8/c1-38-50(54(79)83-30-28-75(4,5)6)52(42-20-16-40(34-66)17-21-42)71(56(81)73(38)46-14-10-12-44(32-46)58(60,61)62)36-48(77)68-24-26-70(3)27-25-69-49(78)37-72-53(43-22-18-41(35-67)19-23-43)51(55(80)84-31-29-76(7,8)9)39(2)74(57(72)82)47-15-11-13-45(33-47)59(63,64)65/h10-23,32-33,52-53H,24-31,36-37H2,1-9H3/p+2/t52-,53-/m1/s1. The van der Waals surface area contributed by atoms with Gasteiger partial charge in [0.15, 0.2) is 0 Å². The van der Waals surface area contributed by atoms with Crippen molar-refractivity contribution in [3.8, 4) is 12.1 Å². The van der Waals surface area contributed by atoms with Crippen LogP contribution in [-0.4, -0.2) is 174 Å². The molecule has 0 saturated heterocycles. The van der Waals surface area contributed by atoms with E-state index in [9.17, 15) is 65.6 Å². The number of carbonyl (C=O) groups excluding carboxylic acids is 6. The largest absolute Gasteiger partial charge is 0.456 e. The summed E-state index contributed by atoms with van der Waals surface area (Å²) in [6.07, 6.45) is -9.61. The van der Waals surface area contributed by atoms with Crippen molar-refractivity contribution in [2.45, 2.75) is 38.3 Å². The van der Waals surface area contributed by atoms with Crippen molar-refractivity contribution in [3.05, 3.63) is 153 Å². The topological polar surface area (TPSA) is 209 Å². The second kappa shape index (κ2) is 26.6. The van der Waals surface area contributed by atoms with Crippen LogP contribution in [-0.2, 0) is 41.0 Å². The highest BCUT2D eigenvalue weighted by Crippen LogP contribution is 2.43. The van der Waals surface area contributed by atoms with Gasteiger partial charge in [0.2, 0.25) is 11.8 Å². The first-order valence-corrected chi connectivity index (χ1v) is 26.5. The third-order valence-electron chi connectivity index (χ3n) is 13.8. The minimum Gasteiger partial charge on any atom is -0.456 e. The maximum Gasteiger partial charge on any atom is 0.416 e. The molecular formula is C59H67F6N11O8+2. The fourth-order valence-corrected chi connectivity index (χ4v) is 9.26. The van der Waals surface area contributed by atoms with Crippen molar-refractivity contribution in [1.29, 1.82) is 10.5 Å². The van der Waals surface area contributed by atoms with E-state index < -0.39 is 84.5 Å². The highest BCUT2D eigenvalue weighted by molar-refractivity contribution is 6.05. The Kier molecular flexibility index (Phi) is 20.4. The lowest BCUT2D eigenvalue weighted by molar-refractivity contribution is -0.870. The minimum atomic E-state index is -4.80. The van der Waals surface area contributed by atoms with Crippen LogP contribution in [0.5, 0.6) is 0 Å². The fraction of sp³-hybridized carbons (Fsp3) is 0.390. The van der Waals surface area contributed by atoms with Gasteiger partial charge in [0, 0.05) is 37.6 Å². The number of allylic oxidation sites excluding steroid dienone is 2. The first-order chi connectivity index (χ1) is 39.3. The maximum absolute atomic E-state index is 14.7. The van der Waals surface area contributed by atoms with E-state index >= 15 is 0 Å². The summed E-state index contributed by atoms with van der Waals surface area (Å²) in [5.74, 6) is -3.25. The average Bonchev–Trinajstić information content (AvgIpc) is 0.909. The summed E-state index contributed by atoms with van der Waals surface area (Å²) >= 11 is 0. The van der Waals surface area contributed by atoms with Crippen LogP contribution in [0, 0.1) is 22.7 Å². The van der Waals surface area contributed by atoms with E-state index in [-0.39, 0.29) is 84.4 Å². The number of nitriles is 2. The van der Waals surface area contributed by atoms with Crippen LogP contribution >= 0.6 is 0 Å². The van der Waals surface area contributed by atoms with Gasteiger partial charge < -0.3 is 43.8 Å². The molecule has 4 aromatic carbocycles. The summed E-state index contributed by atoms with van der Waals surface area (Å²) < 4.78 is 96.7. The molecule has 0 aromatic heterocycles. The van der Waals surface area contributed by atoms with E-state index in [2.05, 4.69) is 10.6 Å². The first kappa shape index (κ1) is 64.4. The number of rotatable bonds is 22. The number of nitrogens with zero attached hydrogens (tertiary/aromatic N) is 9. The molecule has 2 N–H and O–H groups in total. The number of nitrogens with one attached hydrogen (secondary N) is 2.